The molecule has 0 unspecified atom stereocenters. The van der Waals surface area contributed by atoms with Crippen molar-refractivity contribution < 1.29 is 14.3 Å². The number of methoxy groups -OCH3 is 2. The maximum atomic E-state index is 11.7. The first-order valence-electron chi connectivity index (χ1n) is 5.02. The maximum absolute atomic E-state index is 11.7. The lowest BCUT2D eigenvalue weighted by molar-refractivity contribution is 0.0602. The number of hydrogen-bond donors (Lipinski definition) is 1. The second-order valence-electron chi connectivity index (χ2n) is 3.65. The zero-order valence-corrected chi connectivity index (χ0v) is 10.5. The molecule has 1 aromatic carbocycles. The minimum atomic E-state index is -0.380. The third-order valence-electron chi connectivity index (χ3n) is 2.65. The molecule has 0 amide bonds. The average molecular weight is 254 g/mol. The zero-order chi connectivity index (χ0) is 12.6. The van der Waals surface area contributed by atoms with Gasteiger partial charge in [0.25, 0.3) is 0 Å². The van der Waals surface area contributed by atoms with Crippen LogP contribution in [0, 0.1) is 6.92 Å². The molecule has 0 spiro atoms. The molecule has 1 aromatic heterocycles. The van der Waals surface area contributed by atoms with Crippen LogP contribution in [0.1, 0.15) is 16.1 Å². The van der Waals surface area contributed by atoms with Gasteiger partial charge in [0, 0.05) is 17.1 Å². The molecule has 17 heavy (non-hydrogen) atoms. The number of aromatic nitrogens is 1. The van der Waals surface area contributed by atoms with Crippen LogP contribution in [0.4, 0.5) is 0 Å². The Balaban J connectivity index is 2.74. The smallest absolute Gasteiger partial charge is 0.340 e. The van der Waals surface area contributed by atoms with Crippen molar-refractivity contribution in [3.05, 3.63) is 28.4 Å². The molecule has 1 heterocycles. The van der Waals surface area contributed by atoms with E-state index in [0.29, 0.717) is 16.3 Å². The lowest BCUT2D eigenvalue weighted by Crippen LogP contribution is -2.02. The SMILES string of the molecule is COC(=O)c1c(C)[nH]c2cc(OC)c(Cl)cc12. The van der Waals surface area contributed by atoms with E-state index in [9.17, 15) is 4.79 Å². The van der Waals surface area contributed by atoms with Gasteiger partial charge in [-0.2, -0.15) is 0 Å². The van der Waals surface area contributed by atoms with Gasteiger partial charge in [0.2, 0.25) is 0 Å². The van der Waals surface area contributed by atoms with E-state index in [1.807, 2.05) is 6.92 Å². The highest BCUT2D eigenvalue weighted by atomic mass is 35.5. The molecule has 2 rings (SSSR count). The van der Waals surface area contributed by atoms with Crippen LogP contribution in [0.3, 0.4) is 0 Å². The van der Waals surface area contributed by atoms with Crippen LogP contribution in [0.5, 0.6) is 5.75 Å². The van der Waals surface area contributed by atoms with Crippen LogP contribution >= 0.6 is 11.6 Å². The Hall–Kier alpha value is -1.68. The Morgan fingerprint density at radius 1 is 1.35 bits per heavy atom. The molecule has 0 aliphatic carbocycles. The summed E-state index contributed by atoms with van der Waals surface area (Å²) in [5.74, 6) is 0.187. The van der Waals surface area contributed by atoms with Gasteiger partial charge in [0.05, 0.1) is 30.3 Å². The third-order valence-corrected chi connectivity index (χ3v) is 2.94. The normalized spacial score (nSPS) is 10.6. The summed E-state index contributed by atoms with van der Waals surface area (Å²) in [5.41, 5.74) is 2.05. The molecule has 0 radical (unpaired) electrons. The Bertz CT molecular complexity index is 589. The first-order chi connectivity index (χ1) is 8.08. The van der Waals surface area contributed by atoms with Crippen molar-refractivity contribution in [2.45, 2.75) is 6.92 Å². The fourth-order valence-corrected chi connectivity index (χ4v) is 2.09. The van der Waals surface area contributed by atoms with Crippen molar-refractivity contribution in [2.24, 2.45) is 0 Å². The van der Waals surface area contributed by atoms with E-state index in [4.69, 9.17) is 21.1 Å². The van der Waals surface area contributed by atoms with Crippen LogP contribution in [0.25, 0.3) is 10.9 Å². The summed E-state index contributed by atoms with van der Waals surface area (Å²) < 4.78 is 9.87. The number of carbonyl (C=O) groups excluding carboxylic acids is 1. The quantitative estimate of drug-likeness (QED) is 0.838. The molecule has 0 saturated carbocycles. The number of esters is 1. The van der Waals surface area contributed by atoms with Crippen LogP contribution in [-0.4, -0.2) is 25.2 Å². The highest BCUT2D eigenvalue weighted by Crippen LogP contribution is 2.32. The van der Waals surface area contributed by atoms with Crippen molar-refractivity contribution >= 4 is 28.5 Å². The van der Waals surface area contributed by atoms with E-state index in [2.05, 4.69) is 4.98 Å². The molecule has 0 saturated heterocycles. The number of ether oxygens (including phenoxy) is 2. The second-order valence-corrected chi connectivity index (χ2v) is 4.06. The molecule has 0 fully saturated rings. The summed E-state index contributed by atoms with van der Waals surface area (Å²) in [4.78, 5) is 14.8. The van der Waals surface area contributed by atoms with Gasteiger partial charge >= 0.3 is 5.97 Å². The molecule has 0 aliphatic heterocycles. The topological polar surface area (TPSA) is 51.3 Å². The number of nitrogens with one attached hydrogen (secondary N) is 1. The Labute approximate surface area is 103 Å². The number of halogens is 1. The van der Waals surface area contributed by atoms with Gasteiger partial charge in [-0.05, 0) is 13.0 Å². The van der Waals surface area contributed by atoms with Crippen molar-refractivity contribution in [1.29, 1.82) is 0 Å². The largest absolute Gasteiger partial charge is 0.495 e. The number of benzene rings is 1. The average Bonchev–Trinajstić information content (AvgIpc) is 2.62. The number of hydrogen-bond acceptors (Lipinski definition) is 3. The van der Waals surface area contributed by atoms with E-state index in [1.165, 1.54) is 7.11 Å². The summed E-state index contributed by atoms with van der Waals surface area (Å²) in [6, 6.07) is 3.46. The first kappa shape index (κ1) is 11.8. The van der Waals surface area contributed by atoms with Crippen LogP contribution in [0.2, 0.25) is 5.02 Å². The number of H-pyrrole nitrogens is 1. The van der Waals surface area contributed by atoms with E-state index in [-0.39, 0.29) is 5.97 Å². The van der Waals surface area contributed by atoms with Gasteiger partial charge in [-0.1, -0.05) is 11.6 Å². The van der Waals surface area contributed by atoms with Gasteiger partial charge in [0.1, 0.15) is 5.75 Å². The molecular formula is C12H12ClNO3. The van der Waals surface area contributed by atoms with E-state index >= 15 is 0 Å². The molecule has 4 nitrogen and oxygen atoms in total. The number of rotatable bonds is 2. The van der Waals surface area contributed by atoms with Crippen LogP contribution < -0.4 is 4.74 Å². The molecule has 2 aromatic rings. The fraction of sp³-hybridized carbons (Fsp3) is 0.250. The number of carbonyl (C=O) groups is 1. The van der Waals surface area contributed by atoms with Crippen molar-refractivity contribution in [1.82, 2.24) is 4.98 Å². The Morgan fingerprint density at radius 2 is 2.06 bits per heavy atom. The Kier molecular flexibility index (Phi) is 2.98. The summed E-state index contributed by atoms with van der Waals surface area (Å²) in [5, 5.41) is 1.20. The van der Waals surface area contributed by atoms with Gasteiger partial charge in [-0.3, -0.25) is 0 Å². The van der Waals surface area contributed by atoms with Crippen molar-refractivity contribution in [3.63, 3.8) is 0 Å². The molecule has 1 N–H and O–H groups in total. The molecular weight excluding hydrogens is 242 g/mol. The van der Waals surface area contributed by atoms with E-state index in [1.54, 1.807) is 19.2 Å². The minimum absolute atomic E-state index is 0.380. The van der Waals surface area contributed by atoms with Gasteiger partial charge in [-0.15, -0.1) is 0 Å². The van der Waals surface area contributed by atoms with Gasteiger partial charge in [-0.25, -0.2) is 4.79 Å². The third kappa shape index (κ3) is 1.85. The monoisotopic (exact) mass is 253 g/mol. The molecule has 5 heteroatoms. The first-order valence-corrected chi connectivity index (χ1v) is 5.40. The number of aryl methyl sites for hydroxylation is 1. The highest BCUT2D eigenvalue weighted by Gasteiger charge is 2.18. The summed E-state index contributed by atoms with van der Waals surface area (Å²) >= 11 is 6.04. The van der Waals surface area contributed by atoms with E-state index < -0.39 is 0 Å². The minimum Gasteiger partial charge on any atom is -0.495 e. The van der Waals surface area contributed by atoms with Crippen LogP contribution in [0.15, 0.2) is 12.1 Å². The summed E-state index contributed by atoms with van der Waals surface area (Å²) in [7, 11) is 2.90. The molecule has 0 aliphatic rings. The molecule has 0 atom stereocenters. The zero-order valence-electron chi connectivity index (χ0n) is 9.76. The van der Waals surface area contributed by atoms with Crippen molar-refractivity contribution in [2.75, 3.05) is 14.2 Å². The molecule has 90 valence electrons. The standard InChI is InChI=1S/C12H12ClNO3/c1-6-11(12(15)17-3)7-4-8(13)10(16-2)5-9(7)14-6/h4-5,14H,1-3H3. The van der Waals surface area contributed by atoms with Gasteiger partial charge < -0.3 is 14.5 Å². The number of fused-ring (bicyclic) bond motifs is 1. The summed E-state index contributed by atoms with van der Waals surface area (Å²) in [6.07, 6.45) is 0. The van der Waals surface area contributed by atoms with Gasteiger partial charge in [0.15, 0.2) is 0 Å². The lowest BCUT2D eigenvalue weighted by Gasteiger charge is -2.03. The molecule has 0 bridgehead atoms. The lowest BCUT2D eigenvalue weighted by atomic mass is 10.1. The second kappa shape index (κ2) is 4.30. The van der Waals surface area contributed by atoms with E-state index in [0.717, 1.165) is 16.6 Å². The number of aromatic amines is 1. The predicted octanol–water partition coefficient (Wildman–Crippen LogP) is 2.92. The summed E-state index contributed by atoms with van der Waals surface area (Å²) in [6.45, 7) is 1.81. The Morgan fingerprint density at radius 3 is 2.65 bits per heavy atom. The van der Waals surface area contributed by atoms with Crippen LogP contribution in [-0.2, 0) is 4.74 Å². The highest BCUT2D eigenvalue weighted by molar-refractivity contribution is 6.33. The maximum Gasteiger partial charge on any atom is 0.340 e. The fourth-order valence-electron chi connectivity index (χ4n) is 1.85. The predicted molar refractivity (Wildman–Crippen MR) is 65.9 cm³/mol. The van der Waals surface area contributed by atoms with Crippen molar-refractivity contribution in [3.8, 4) is 5.75 Å².